The Hall–Kier alpha value is -4.01. The fourth-order valence-electron chi connectivity index (χ4n) is 4.49. The maximum absolute atomic E-state index is 7.57. The number of pyridine rings is 2. The first-order valence-corrected chi connectivity index (χ1v) is 11.2. The number of aromatic nitrogens is 2. The molecule has 0 radical (unpaired) electrons. The van der Waals surface area contributed by atoms with E-state index in [9.17, 15) is 0 Å². The molecule has 0 aliphatic heterocycles. The molecular weight excluding hydrogens is 627 g/mol. The van der Waals surface area contributed by atoms with Crippen molar-refractivity contribution in [1.82, 2.24) is 9.97 Å². The predicted octanol–water partition coefficient (Wildman–Crippen LogP) is 8.05. The minimum atomic E-state index is -2.20. The minimum absolute atomic E-state index is 0. The molecule has 0 saturated heterocycles. The van der Waals surface area contributed by atoms with Crippen molar-refractivity contribution in [2.45, 2.75) is 6.85 Å². The van der Waals surface area contributed by atoms with Crippen LogP contribution in [0.15, 0.2) is 95.7 Å². The number of nitrogens with zero attached hydrogens (tertiary/aromatic N) is 2. The summed E-state index contributed by atoms with van der Waals surface area (Å²) in [6.45, 7) is -2.20. The van der Waals surface area contributed by atoms with Gasteiger partial charge in [-0.3, -0.25) is 0 Å². The van der Waals surface area contributed by atoms with Gasteiger partial charge in [0.2, 0.25) is 0 Å². The van der Waals surface area contributed by atoms with Crippen LogP contribution in [-0.4, -0.2) is 9.97 Å². The monoisotopic (exact) mass is 648 g/mol. The van der Waals surface area contributed by atoms with Gasteiger partial charge in [-0.15, -0.1) is 29.1 Å². The van der Waals surface area contributed by atoms with Crippen LogP contribution in [0.1, 0.15) is 9.68 Å². The molecule has 3 aromatic heterocycles. The number of hydrogen-bond acceptors (Lipinski definition) is 4. The average Bonchev–Trinajstić information content (AvgIpc) is 3.33. The SMILES string of the molecule is [2H]C([2H])([2H])c1ccc(-c2[c-]c(Oc3[c-]c4c(ccc5cccnc54)c4oc5ccccc5c34)ccc2)nc1.[Pt+2]. The van der Waals surface area contributed by atoms with Crippen molar-refractivity contribution < 1.29 is 34.3 Å². The zero-order valence-electron chi connectivity index (χ0n) is 21.7. The van der Waals surface area contributed by atoms with E-state index in [2.05, 4.69) is 22.1 Å². The zero-order chi connectivity index (χ0) is 25.9. The van der Waals surface area contributed by atoms with Crippen molar-refractivity contribution in [2.75, 3.05) is 0 Å². The number of hydrogen-bond donors (Lipinski definition) is 0. The molecule has 0 aliphatic rings. The molecule has 0 atom stereocenters. The summed E-state index contributed by atoms with van der Waals surface area (Å²) in [5.74, 6) is 0.981. The van der Waals surface area contributed by atoms with Gasteiger partial charge in [0, 0.05) is 22.3 Å². The van der Waals surface area contributed by atoms with Gasteiger partial charge >= 0.3 is 21.1 Å². The summed E-state index contributed by atoms with van der Waals surface area (Å²) in [6.07, 6.45) is 3.14. The van der Waals surface area contributed by atoms with Crippen molar-refractivity contribution in [2.24, 2.45) is 0 Å². The molecule has 0 unspecified atom stereocenters. The van der Waals surface area contributed by atoms with Crippen molar-refractivity contribution >= 4 is 43.6 Å². The fraction of sp³-hybridized carbons (Fsp3) is 0.0323. The number of rotatable bonds is 3. The van der Waals surface area contributed by atoms with Gasteiger partial charge in [0.15, 0.2) is 0 Å². The van der Waals surface area contributed by atoms with E-state index in [0.29, 0.717) is 28.3 Å². The van der Waals surface area contributed by atoms with E-state index >= 15 is 0 Å². The van der Waals surface area contributed by atoms with Crippen molar-refractivity contribution in [3.05, 3.63) is 109 Å². The molecule has 4 nitrogen and oxygen atoms in total. The van der Waals surface area contributed by atoms with Crippen LogP contribution in [-0.2, 0) is 21.1 Å². The standard InChI is InChI=1S/C31H18N2O2.Pt/c1-19-11-14-26(33-18-19)21-6-4-8-22(16-21)34-28-17-25-23(13-12-20-7-5-15-32-30(20)25)31-29(28)24-9-2-3-10-27(24)35-31;/h2-15,18H,1H3;/q-2;+2/i1D3;. The molecule has 0 bridgehead atoms. The average molecular weight is 649 g/mol. The first-order chi connectivity index (χ1) is 18.5. The van der Waals surface area contributed by atoms with Gasteiger partial charge < -0.3 is 19.1 Å². The molecule has 0 aliphatic carbocycles. The first-order valence-electron chi connectivity index (χ1n) is 12.7. The van der Waals surface area contributed by atoms with E-state index in [1.54, 1.807) is 18.3 Å². The molecular formula is C31H18N2O2Pt. The smallest absolute Gasteiger partial charge is 0.496 e. The van der Waals surface area contributed by atoms with Crippen LogP contribution in [0, 0.1) is 19.0 Å². The molecule has 174 valence electrons. The summed E-state index contributed by atoms with van der Waals surface area (Å²) in [7, 11) is 0. The summed E-state index contributed by atoms with van der Waals surface area (Å²) in [5, 5.41) is 4.46. The largest absolute Gasteiger partial charge is 2.00 e. The molecule has 0 saturated carbocycles. The Labute approximate surface area is 226 Å². The Morgan fingerprint density at radius 2 is 1.81 bits per heavy atom. The molecule has 0 amide bonds. The van der Waals surface area contributed by atoms with Gasteiger partial charge in [-0.05, 0) is 51.9 Å². The van der Waals surface area contributed by atoms with Gasteiger partial charge in [0.05, 0.1) is 11.3 Å². The topological polar surface area (TPSA) is 48.2 Å². The normalized spacial score (nSPS) is 12.8. The van der Waals surface area contributed by atoms with Crippen LogP contribution in [0.4, 0.5) is 0 Å². The third-order valence-corrected chi connectivity index (χ3v) is 6.10. The van der Waals surface area contributed by atoms with Gasteiger partial charge in [0.25, 0.3) is 0 Å². The summed E-state index contributed by atoms with van der Waals surface area (Å²) < 4.78 is 35.5. The van der Waals surface area contributed by atoms with Gasteiger partial charge in [-0.1, -0.05) is 66.0 Å². The Balaban J connectivity index is 0.00000277. The number of para-hydroxylation sites is 1. The maximum atomic E-state index is 7.57. The van der Waals surface area contributed by atoms with E-state index < -0.39 is 6.85 Å². The first kappa shape index (κ1) is 19.2. The van der Waals surface area contributed by atoms with E-state index in [1.165, 1.54) is 6.20 Å². The molecule has 0 fully saturated rings. The van der Waals surface area contributed by atoms with E-state index in [1.807, 2.05) is 66.7 Å². The molecule has 36 heavy (non-hydrogen) atoms. The van der Waals surface area contributed by atoms with Crippen molar-refractivity contribution in [3.8, 4) is 22.8 Å². The van der Waals surface area contributed by atoms with Crippen LogP contribution in [0.2, 0.25) is 0 Å². The Bertz CT molecular complexity index is 2000. The number of benzene rings is 4. The Kier molecular flexibility index (Phi) is 4.74. The molecule has 3 heterocycles. The van der Waals surface area contributed by atoms with Gasteiger partial charge in [-0.25, -0.2) is 0 Å². The van der Waals surface area contributed by atoms with Crippen LogP contribution in [0.3, 0.4) is 0 Å². The summed E-state index contributed by atoms with van der Waals surface area (Å²) in [4.78, 5) is 8.96. The number of ether oxygens (including phenoxy) is 1. The third kappa shape index (κ3) is 3.66. The second-order valence-electron chi connectivity index (χ2n) is 8.28. The summed E-state index contributed by atoms with van der Waals surface area (Å²) >= 11 is 0. The van der Waals surface area contributed by atoms with Crippen molar-refractivity contribution in [1.29, 1.82) is 0 Å². The fourth-order valence-corrected chi connectivity index (χ4v) is 4.49. The number of furan rings is 1. The summed E-state index contributed by atoms with van der Waals surface area (Å²) in [6, 6.07) is 31.3. The molecule has 0 spiro atoms. The zero-order valence-corrected chi connectivity index (χ0v) is 21.0. The Morgan fingerprint density at radius 3 is 2.69 bits per heavy atom. The van der Waals surface area contributed by atoms with Gasteiger partial charge in [0.1, 0.15) is 5.58 Å². The van der Waals surface area contributed by atoms with Gasteiger partial charge in [-0.2, -0.15) is 0 Å². The van der Waals surface area contributed by atoms with Crippen LogP contribution < -0.4 is 4.74 Å². The predicted molar refractivity (Wildman–Crippen MR) is 139 cm³/mol. The van der Waals surface area contributed by atoms with Crippen LogP contribution >= 0.6 is 0 Å². The summed E-state index contributed by atoms with van der Waals surface area (Å²) in [5.41, 5.74) is 3.75. The minimum Gasteiger partial charge on any atom is -0.496 e. The van der Waals surface area contributed by atoms with E-state index in [4.69, 9.17) is 13.3 Å². The third-order valence-electron chi connectivity index (χ3n) is 6.10. The van der Waals surface area contributed by atoms with Crippen LogP contribution in [0.5, 0.6) is 11.5 Å². The van der Waals surface area contributed by atoms with Crippen molar-refractivity contribution in [3.63, 3.8) is 0 Å². The number of fused-ring (bicyclic) bond motifs is 7. The molecule has 7 aromatic rings. The molecule has 4 aromatic carbocycles. The quantitative estimate of drug-likeness (QED) is 0.144. The van der Waals surface area contributed by atoms with E-state index in [0.717, 1.165) is 38.0 Å². The Morgan fingerprint density at radius 1 is 0.861 bits per heavy atom. The number of aryl methyl sites for hydroxylation is 1. The molecule has 7 rings (SSSR count). The second-order valence-corrected chi connectivity index (χ2v) is 8.28. The van der Waals surface area contributed by atoms with Crippen LogP contribution in [0.25, 0.3) is 54.9 Å². The second kappa shape index (κ2) is 8.89. The molecule has 5 heteroatoms. The van der Waals surface area contributed by atoms with E-state index in [-0.39, 0.29) is 26.6 Å². The molecule has 0 N–H and O–H groups in total. The maximum Gasteiger partial charge on any atom is 2.00 e.